The van der Waals surface area contributed by atoms with E-state index in [1.165, 1.54) is 17.0 Å². The number of nitrogens with zero attached hydrogens (tertiary/aromatic N) is 4. The number of hydrogen-bond acceptors (Lipinski definition) is 6. The average Bonchev–Trinajstić information content (AvgIpc) is 3.29. The topological polar surface area (TPSA) is 133 Å². The summed E-state index contributed by atoms with van der Waals surface area (Å²) in [6, 6.07) is 5.03. The Morgan fingerprint density at radius 2 is 2.15 bits per heavy atom. The molecule has 142 valence electrons. The number of aromatic nitrogens is 3. The molecule has 1 unspecified atom stereocenters. The smallest absolute Gasteiger partial charge is 0.271 e. The van der Waals surface area contributed by atoms with E-state index in [1.54, 1.807) is 23.1 Å². The largest absolute Gasteiger partial charge is 0.463 e. The van der Waals surface area contributed by atoms with Crippen LogP contribution in [0.5, 0.6) is 0 Å². The van der Waals surface area contributed by atoms with Gasteiger partial charge in [-0.15, -0.1) is 12.4 Å². The number of carbonyl (C=O) groups excluding carboxylic acids is 2. The van der Waals surface area contributed by atoms with Gasteiger partial charge >= 0.3 is 0 Å². The van der Waals surface area contributed by atoms with Crippen LogP contribution in [0.1, 0.15) is 33.8 Å². The molecule has 1 saturated heterocycles. The number of piperidine rings is 1. The predicted octanol–water partition coefficient (Wildman–Crippen LogP) is 1.07. The molecule has 0 aromatic carbocycles. The lowest BCUT2D eigenvalue weighted by Crippen LogP contribution is -2.46. The molecule has 1 aliphatic heterocycles. The molecule has 1 atom stereocenters. The summed E-state index contributed by atoms with van der Waals surface area (Å²) in [6.45, 7) is 1.11. The number of primary amides is 1. The Morgan fingerprint density at radius 3 is 2.81 bits per heavy atom. The Kier molecular flexibility index (Phi) is 5.15. The summed E-state index contributed by atoms with van der Waals surface area (Å²) in [6.07, 6.45) is 4.63. The van der Waals surface area contributed by atoms with Gasteiger partial charge < -0.3 is 20.8 Å². The minimum absolute atomic E-state index is 0. The minimum Gasteiger partial charge on any atom is -0.463 e. The van der Waals surface area contributed by atoms with E-state index >= 15 is 0 Å². The molecule has 2 amide bonds. The summed E-state index contributed by atoms with van der Waals surface area (Å²) in [5.74, 6) is -0.433. The molecule has 0 radical (unpaired) electrons. The van der Waals surface area contributed by atoms with E-state index in [9.17, 15) is 9.59 Å². The first-order valence-corrected chi connectivity index (χ1v) is 8.31. The molecule has 3 aromatic heterocycles. The van der Waals surface area contributed by atoms with E-state index in [0.29, 0.717) is 30.2 Å². The fraction of sp³-hybridized carbons (Fsp3) is 0.294. The van der Waals surface area contributed by atoms with Crippen LogP contribution in [0, 0.1) is 0 Å². The van der Waals surface area contributed by atoms with Crippen LogP contribution in [0.25, 0.3) is 17.1 Å². The molecule has 1 aliphatic rings. The van der Waals surface area contributed by atoms with Gasteiger partial charge in [-0.3, -0.25) is 14.0 Å². The Hall–Kier alpha value is -2.91. The second-order valence-electron chi connectivity index (χ2n) is 6.31. The maximum atomic E-state index is 13.1. The second-order valence-corrected chi connectivity index (χ2v) is 6.31. The van der Waals surface area contributed by atoms with Crippen LogP contribution in [-0.2, 0) is 0 Å². The third-order valence-corrected chi connectivity index (χ3v) is 4.47. The van der Waals surface area contributed by atoms with E-state index < -0.39 is 5.91 Å². The van der Waals surface area contributed by atoms with Crippen LogP contribution in [-0.4, -0.2) is 50.2 Å². The highest BCUT2D eigenvalue weighted by Gasteiger charge is 2.26. The fourth-order valence-corrected chi connectivity index (χ4v) is 3.22. The van der Waals surface area contributed by atoms with Crippen molar-refractivity contribution in [2.24, 2.45) is 11.5 Å². The van der Waals surface area contributed by atoms with Gasteiger partial charge in [0.05, 0.1) is 6.26 Å². The lowest BCUT2D eigenvalue weighted by atomic mass is 10.1. The van der Waals surface area contributed by atoms with Crippen LogP contribution in [0.15, 0.2) is 35.2 Å². The molecule has 4 heterocycles. The number of furan rings is 1. The summed E-state index contributed by atoms with van der Waals surface area (Å²) >= 11 is 0. The predicted molar refractivity (Wildman–Crippen MR) is 99.6 cm³/mol. The number of halogens is 1. The molecule has 10 heteroatoms. The molecule has 4 rings (SSSR count). The summed E-state index contributed by atoms with van der Waals surface area (Å²) in [5.41, 5.74) is 12.4. The molecule has 1 fully saturated rings. The first kappa shape index (κ1) is 18.9. The van der Waals surface area contributed by atoms with Gasteiger partial charge in [0, 0.05) is 19.1 Å². The van der Waals surface area contributed by atoms with Crippen molar-refractivity contribution in [1.29, 1.82) is 0 Å². The molecule has 0 spiro atoms. The maximum absolute atomic E-state index is 13.1. The van der Waals surface area contributed by atoms with Gasteiger partial charge in [0.2, 0.25) is 0 Å². The molecular weight excluding hydrogens is 372 g/mol. The third kappa shape index (κ3) is 3.38. The molecule has 4 N–H and O–H groups in total. The van der Waals surface area contributed by atoms with Crippen LogP contribution in [0.4, 0.5) is 0 Å². The lowest BCUT2D eigenvalue weighted by Gasteiger charge is -2.30. The number of hydrogen-bond donors (Lipinski definition) is 2. The summed E-state index contributed by atoms with van der Waals surface area (Å²) in [5, 5.41) is 0. The van der Waals surface area contributed by atoms with E-state index in [-0.39, 0.29) is 35.7 Å². The molecule has 0 aliphatic carbocycles. The maximum Gasteiger partial charge on any atom is 0.271 e. The number of likely N-dealkylation sites (tertiary alicyclic amines) is 1. The van der Waals surface area contributed by atoms with E-state index in [2.05, 4.69) is 9.97 Å². The van der Waals surface area contributed by atoms with Crippen molar-refractivity contribution in [1.82, 2.24) is 19.3 Å². The normalized spacial score (nSPS) is 16.9. The first-order chi connectivity index (χ1) is 12.5. The van der Waals surface area contributed by atoms with Gasteiger partial charge in [0.1, 0.15) is 17.7 Å². The van der Waals surface area contributed by atoms with Gasteiger partial charge in [-0.05, 0) is 31.0 Å². The van der Waals surface area contributed by atoms with Crippen LogP contribution >= 0.6 is 12.4 Å². The Labute approximate surface area is 160 Å². The van der Waals surface area contributed by atoms with Gasteiger partial charge in [-0.2, -0.15) is 0 Å². The number of imidazole rings is 1. The highest BCUT2D eigenvalue weighted by Crippen LogP contribution is 2.23. The Morgan fingerprint density at radius 1 is 1.33 bits per heavy atom. The zero-order valence-corrected chi connectivity index (χ0v) is 15.2. The van der Waals surface area contributed by atoms with Gasteiger partial charge in [-0.1, -0.05) is 0 Å². The molecule has 0 saturated carbocycles. The number of rotatable bonds is 3. The molecule has 27 heavy (non-hydrogen) atoms. The summed E-state index contributed by atoms with van der Waals surface area (Å²) in [4.78, 5) is 34.9. The zero-order valence-electron chi connectivity index (χ0n) is 14.4. The quantitative estimate of drug-likeness (QED) is 0.687. The lowest BCUT2D eigenvalue weighted by molar-refractivity contribution is 0.0701. The summed E-state index contributed by atoms with van der Waals surface area (Å²) < 4.78 is 6.87. The Bertz CT molecular complexity index is 984. The van der Waals surface area contributed by atoms with Gasteiger partial charge in [0.25, 0.3) is 11.8 Å². The van der Waals surface area contributed by atoms with Crippen LogP contribution in [0.2, 0.25) is 0 Å². The summed E-state index contributed by atoms with van der Waals surface area (Å²) in [7, 11) is 0. The second kappa shape index (κ2) is 7.37. The van der Waals surface area contributed by atoms with Crippen molar-refractivity contribution in [2.75, 3.05) is 13.1 Å². The van der Waals surface area contributed by atoms with E-state index in [4.69, 9.17) is 15.9 Å². The SMILES string of the molecule is Cl.NC(=O)c1ncn2c(C(=O)N3CCCC(N)C3)cc(-c3ccco3)nc12. The van der Waals surface area contributed by atoms with E-state index in [0.717, 1.165) is 12.8 Å². The number of fused-ring (bicyclic) bond motifs is 1. The number of nitrogens with two attached hydrogens (primary N) is 2. The molecule has 3 aromatic rings. The van der Waals surface area contributed by atoms with Crippen molar-refractivity contribution in [2.45, 2.75) is 18.9 Å². The van der Waals surface area contributed by atoms with Crippen molar-refractivity contribution >= 4 is 29.9 Å². The zero-order chi connectivity index (χ0) is 18.3. The minimum atomic E-state index is -0.713. The standard InChI is InChI=1S/C17H18N6O3.ClH/c18-10-3-1-5-22(8-10)17(25)12-7-11(13-4-2-6-26-13)21-16-14(15(19)24)20-9-23(12)16;/h2,4,6-7,9-10H,1,3,5,8,18H2,(H2,19,24);1H. The molecular formula is C17H19ClN6O3. The van der Waals surface area contributed by atoms with Crippen LogP contribution in [0.3, 0.4) is 0 Å². The van der Waals surface area contributed by atoms with Crippen molar-refractivity contribution < 1.29 is 14.0 Å². The van der Waals surface area contributed by atoms with Crippen molar-refractivity contribution in [3.05, 3.63) is 42.2 Å². The van der Waals surface area contributed by atoms with Gasteiger partial charge in [-0.25, -0.2) is 9.97 Å². The fourth-order valence-electron chi connectivity index (χ4n) is 3.22. The van der Waals surface area contributed by atoms with Crippen molar-refractivity contribution in [3.8, 4) is 11.5 Å². The number of amides is 2. The third-order valence-electron chi connectivity index (χ3n) is 4.47. The Balaban J connectivity index is 0.00000210. The first-order valence-electron chi connectivity index (χ1n) is 8.31. The van der Waals surface area contributed by atoms with E-state index in [1.807, 2.05) is 0 Å². The highest BCUT2D eigenvalue weighted by atomic mass is 35.5. The highest BCUT2D eigenvalue weighted by molar-refractivity contribution is 5.99. The number of carbonyl (C=O) groups is 2. The van der Waals surface area contributed by atoms with Crippen LogP contribution < -0.4 is 11.5 Å². The van der Waals surface area contributed by atoms with Crippen molar-refractivity contribution in [3.63, 3.8) is 0 Å². The molecule has 9 nitrogen and oxygen atoms in total. The average molecular weight is 391 g/mol. The monoisotopic (exact) mass is 390 g/mol. The van der Waals surface area contributed by atoms with Gasteiger partial charge in [0.15, 0.2) is 17.1 Å². The molecule has 0 bridgehead atoms.